The summed E-state index contributed by atoms with van der Waals surface area (Å²) in [5, 5.41) is 11.8. The molecule has 1 heterocycles. The van der Waals surface area contributed by atoms with Crippen molar-refractivity contribution in [3.8, 4) is 11.4 Å². The molecule has 6 heteroatoms. The van der Waals surface area contributed by atoms with Gasteiger partial charge in [0, 0.05) is 22.3 Å². The average Bonchev–Trinajstić information content (AvgIpc) is 2.72. The van der Waals surface area contributed by atoms with Crippen LogP contribution >= 0.6 is 15.9 Å². The summed E-state index contributed by atoms with van der Waals surface area (Å²) in [6, 6.07) is 3.87. The minimum atomic E-state index is 0.737. The molecule has 0 radical (unpaired) electrons. The van der Waals surface area contributed by atoms with Crippen LogP contribution in [0.3, 0.4) is 0 Å². The molecule has 2 N–H and O–H groups in total. The molecular weight excluding hydrogens is 282 g/mol. The van der Waals surface area contributed by atoms with Crippen LogP contribution < -0.4 is 5.73 Å². The fraction of sp³-hybridized carbons (Fsp3) is 0.364. The Morgan fingerprint density at radius 1 is 1.41 bits per heavy atom. The third kappa shape index (κ3) is 2.31. The molecule has 0 aliphatic rings. The van der Waals surface area contributed by atoms with Crippen LogP contribution in [0.25, 0.3) is 11.4 Å². The molecule has 5 nitrogen and oxygen atoms in total. The predicted octanol–water partition coefficient (Wildman–Crippen LogP) is 2.40. The van der Waals surface area contributed by atoms with Gasteiger partial charge in [0.15, 0.2) is 5.82 Å². The predicted molar refractivity (Wildman–Crippen MR) is 70.4 cm³/mol. The van der Waals surface area contributed by atoms with E-state index in [1.54, 1.807) is 4.68 Å². The highest BCUT2D eigenvalue weighted by atomic mass is 79.9. The molecule has 17 heavy (non-hydrogen) atoms. The van der Waals surface area contributed by atoms with Gasteiger partial charge in [-0.25, -0.2) is 4.68 Å². The second-order valence-corrected chi connectivity index (χ2v) is 4.81. The summed E-state index contributed by atoms with van der Waals surface area (Å²) in [4.78, 5) is 0. The van der Waals surface area contributed by atoms with E-state index in [0.29, 0.717) is 0 Å². The van der Waals surface area contributed by atoms with Gasteiger partial charge in [0.25, 0.3) is 0 Å². The summed E-state index contributed by atoms with van der Waals surface area (Å²) >= 11 is 3.44. The summed E-state index contributed by atoms with van der Waals surface area (Å²) in [7, 11) is 0. The first-order valence-electron chi connectivity index (χ1n) is 5.45. The van der Waals surface area contributed by atoms with Gasteiger partial charge in [0.05, 0.1) is 0 Å². The topological polar surface area (TPSA) is 69.6 Å². The summed E-state index contributed by atoms with van der Waals surface area (Å²) in [6.07, 6.45) is 0.987. The van der Waals surface area contributed by atoms with Gasteiger partial charge in [-0.05, 0) is 41.5 Å². The van der Waals surface area contributed by atoms with Gasteiger partial charge in [-0.2, -0.15) is 0 Å². The zero-order valence-corrected chi connectivity index (χ0v) is 11.4. The fourth-order valence-electron chi connectivity index (χ4n) is 1.69. The number of nitrogens with zero attached hydrogens (tertiary/aromatic N) is 4. The van der Waals surface area contributed by atoms with Crippen LogP contribution in [0.5, 0.6) is 0 Å². The second-order valence-electron chi connectivity index (χ2n) is 3.89. The van der Waals surface area contributed by atoms with Crippen LogP contribution in [0, 0.1) is 6.92 Å². The molecule has 1 aromatic carbocycles. The molecule has 0 bridgehead atoms. The van der Waals surface area contributed by atoms with Gasteiger partial charge >= 0.3 is 0 Å². The lowest BCUT2D eigenvalue weighted by molar-refractivity contribution is 0.583. The quantitative estimate of drug-likeness (QED) is 0.883. The molecule has 0 unspecified atom stereocenters. The van der Waals surface area contributed by atoms with E-state index < -0.39 is 0 Å². The van der Waals surface area contributed by atoms with Gasteiger partial charge < -0.3 is 5.73 Å². The average molecular weight is 296 g/mol. The van der Waals surface area contributed by atoms with Crippen molar-refractivity contribution in [1.82, 2.24) is 20.2 Å². The van der Waals surface area contributed by atoms with E-state index >= 15 is 0 Å². The molecule has 90 valence electrons. The van der Waals surface area contributed by atoms with Gasteiger partial charge in [0.2, 0.25) is 0 Å². The summed E-state index contributed by atoms with van der Waals surface area (Å²) < 4.78 is 2.73. The maximum absolute atomic E-state index is 5.94. The second kappa shape index (κ2) is 4.83. The van der Waals surface area contributed by atoms with Crippen molar-refractivity contribution in [3.05, 3.63) is 22.2 Å². The normalized spacial score (nSPS) is 10.8. The number of tetrazole rings is 1. The SMILES string of the molecule is CCCn1nnnc1-c1cc(Br)cc(N)c1C. The van der Waals surface area contributed by atoms with Crippen LogP contribution in [0.4, 0.5) is 5.69 Å². The first kappa shape index (κ1) is 12.0. The molecule has 0 saturated heterocycles. The molecule has 0 aliphatic heterocycles. The monoisotopic (exact) mass is 295 g/mol. The number of nitrogens with two attached hydrogens (primary N) is 1. The number of hydrogen-bond donors (Lipinski definition) is 1. The molecular formula is C11H14BrN5. The van der Waals surface area contributed by atoms with Crippen molar-refractivity contribution in [2.45, 2.75) is 26.8 Å². The van der Waals surface area contributed by atoms with Crippen LogP contribution in [-0.4, -0.2) is 20.2 Å². The summed E-state index contributed by atoms with van der Waals surface area (Å²) in [5.74, 6) is 0.761. The molecule has 2 aromatic rings. The molecule has 0 amide bonds. The lowest BCUT2D eigenvalue weighted by Gasteiger charge is -2.09. The zero-order chi connectivity index (χ0) is 12.4. The number of nitrogen functional groups attached to an aromatic ring is 1. The maximum atomic E-state index is 5.94. The number of aromatic nitrogens is 4. The molecule has 0 aliphatic carbocycles. The van der Waals surface area contributed by atoms with Crippen molar-refractivity contribution in [2.75, 3.05) is 5.73 Å². The fourth-order valence-corrected chi connectivity index (χ4v) is 2.17. The summed E-state index contributed by atoms with van der Waals surface area (Å²) in [5.41, 5.74) is 8.65. The molecule has 0 saturated carbocycles. The Morgan fingerprint density at radius 3 is 2.88 bits per heavy atom. The number of aryl methyl sites for hydroxylation is 1. The lowest BCUT2D eigenvalue weighted by Crippen LogP contribution is -2.03. The lowest BCUT2D eigenvalue weighted by atomic mass is 10.1. The Morgan fingerprint density at radius 2 is 2.18 bits per heavy atom. The van der Waals surface area contributed by atoms with Gasteiger partial charge in [-0.15, -0.1) is 5.10 Å². The number of rotatable bonds is 3. The van der Waals surface area contributed by atoms with Gasteiger partial charge in [-0.1, -0.05) is 22.9 Å². The van der Waals surface area contributed by atoms with Gasteiger partial charge in [-0.3, -0.25) is 0 Å². The summed E-state index contributed by atoms with van der Waals surface area (Å²) in [6.45, 7) is 4.86. The van der Waals surface area contributed by atoms with E-state index in [0.717, 1.165) is 40.1 Å². The molecule has 0 atom stereocenters. The number of anilines is 1. The van der Waals surface area contributed by atoms with Crippen molar-refractivity contribution in [2.24, 2.45) is 0 Å². The van der Waals surface area contributed by atoms with Crippen LogP contribution in [0.2, 0.25) is 0 Å². The first-order chi connectivity index (χ1) is 8.13. The van der Waals surface area contributed by atoms with Crippen LogP contribution in [0.1, 0.15) is 18.9 Å². The third-order valence-corrected chi connectivity index (χ3v) is 3.08. The van der Waals surface area contributed by atoms with E-state index in [4.69, 9.17) is 5.73 Å². The van der Waals surface area contributed by atoms with Gasteiger partial charge in [0.1, 0.15) is 0 Å². The van der Waals surface area contributed by atoms with Crippen molar-refractivity contribution in [3.63, 3.8) is 0 Å². The van der Waals surface area contributed by atoms with E-state index in [9.17, 15) is 0 Å². The third-order valence-electron chi connectivity index (χ3n) is 2.62. The van der Waals surface area contributed by atoms with Crippen molar-refractivity contribution in [1.29, 1.82) is 0 Å². The number of hydrogen-bond acceptors (Lipinski definition) is 4. The minimum Gasteiger partial charge on any atom is -0.398 e. The smallest absolute Gasteiger partial charge is 0.182 e. The number of benzene rings is 1. The Labute approximate surface area is 108 Å². The molecule has 2 rings (SSSR count). The van der Waals surface area contributed by atoms with E-state index in [1.165, 1.54) is 0 Å². The van der Waals surface area contributed by atoms with Crippen molar-refractivity contribution >= 4 is 21.6 Å². The highest BCUT2D eigenvalue weighted by molar-refractivity contribution is 9.10. The maximum Gasteiger partial charge on any atom is 0.182 e. The van der Waals surface area contributed by atoms with Crippen LogP contribution in [0.15, 0.2) is 16.6 Å². The largest absolute Gasteiger partial charge is 0.398 e. The van der Waals surface area contributed by atoms with Crippen molar-refractivity contribution < 1.29 is 0 Å². The Hall–Kier alpha value is -1.43. The standard InChI is InChI=1S/C11H14BrN5/c1-3-4-17-11(14-15-16-17)9-5-8(12)6-10(13)7(9)2/h5-6H,3-4,13H2,1-2H3. The molecule has 0 fully saturated rings. The number of halogens is 1. The van der Waals surface area contributed by atoms with E-state index in [-0.39, 0.29) is 0 Å². The highest BCUT2D eigenvalue weighted by Crippen LogP contribution is 2.29. The van der Waals surface area contributed by atoms with Crippen LogP contribution in [-0.2, 0) is 6.54 Å². The Balaban J connectivity index is 2.56. The highest BCUT2D eigenvalue weighted by Gasteiger charge is 2.13. The van der Waals surface area contributed by atoms with E-state index in [2.05, 4.69) is 38.4 Å². The molecule has 0 spiro atoms. The van der Waals surface area contributed by atoms with E-state index in [1.807, 2.05) is 19.1 Å². The Kier molecular flexibility index (Phi) is 3.42. The first-order valence-corrected chi connectivity index (χ1v) is 6.25. The zero-order valence-electron chi connectivity index (χ0n) is 9.81. The minimum absolute atomic E-state index is 0.737. The molecule has 1 aromatic heterocycles. The Bertz CT molecular complexity index is 535.